The average Bonchev–Trinajstić information content (AvgIpc) is 2.62. The summed E-state index contributed by atoms with van der Waals surface area (Å²) >= 11 is 6.59. The molecule has 0 N–H and O–H groups in total. The number of quaternary nitrogens is 1. The molecule has 2 aromatic carbocycles. The first-order valence-corrected chi connectivity index (χ1v) is 12.6. The van der Waals surface area contributed by atoms with Crippen molar-refractivity contribution in [3.05, 3.63) is 65.2 Å². The van der Waals surface area contributed by atoms with E-state index in [1.165, 1.54) is 24.9 Å². The van der Waals surface area contributed by atoms with Crippen molar-refractivity contribution < 1.29 is 34.4 Å². The van der Waals surface area contributed by atoms with Crippen molar-refractivity contribution in [1.82, 2.24) is 0 Å². The number of hydrogen-bond acceptors (Lipinski definition) is 1. The summed E-state index contributed by atoms with van der Waals surface area (Å²) in [5.41, 5.74) is 3.47. The Morgan fingerprint density at radius 1 is 0.781 bits per heavy atom. The van der Waals surface area contributed by atoms with Crippen molar-refractivity contribution in [3.8, 4) is 5.75 Å². The van der Waals surface area contributed by atoms with Gasteiger partial charge in [-0.25, -0.2) is 0 Å². The number of unbranched alkanes of at least 4 members (excludes halogenated alkanes) is 2. The fourth-order valence-corrected chi connectivity index (χ4v) is 3.01. The first-order chi connectivity index (χ1) is 14.3. The van der Waals surface area contributed by atoms with Crippen molar-refractivity contribution in [2.45, 2.75) is 31.6 Å². The predicted octanol–water partition coefficient (Wildman–Crippen LogP) is 8.96. The van der Waals surface area contributed by atoms with Crippen LogP contribution in [0.4, 0.5) is 25.2 Å². The number of ether oxygens (including phenoxy) is 1. The van der Waals surface area contributed by atoms with Crippen LogP contribution in [0, 0.1) is 6.92 Å². The standard InChI is InChI=1S/C22H31ClNO.F6P/c1-18-8-10-19(11-9-18)22(23)20-12-14-21(15-13-20)25-17-7-5-6-16-24(2,3)4;1-7(2,3,4,5)6/h8-15,22H,5-7,16-17H2,1-4H3;/q+1;-1. The molecule has 0 saturated heterocycles. The van der Waals surface area contributed by atoms with Crippen LogP contribution in [-0.4, -0.2) is 38.8 Å². The number of benzene rings is 2. The van der Waals surface area contributed by atoms with E-state index in [9.17, 15) is 25.2 Å². The molecule has 0 aromatic heterocycles. The summed E-state index contributed by atoms with van der Waals surface area (Å²) in [6.07, 6.45) is 3.56. The molecule has 0 aliphatic rings. The van der Waals surface area contributed by atoms with Crippen LogP contribution in [0.1, 0.15) is 41.3 Å². The minimum absolute atomic E-state index is 0.120. The summed E-state index contributed by atoms with van der Waals surface area (Å²) in [7, 11) is -3.95. The molecule has 184 valence electrons. The van der Waals surface area contributed by atoms with Crippen molar-refractivity contribution in [2.24, 2.45) is 0 Å². The predicted molar refractivity (Wildman–Crippen MR) is 121 cm³/mol. The van der Waals surface area contributed by atoms with Crippen LogP contribution >= 0.6 is 19.4 Å². The molecular weight excluding hydrogens is 475 g/mol. The Morgan fingerprint density at radius 3 is 1.66 bits per heavy atom. The van der Waals surface area contributed by atoms with Crippen molar-refractivity contribution >= 4 is 19.4 Å². The van der Waals surface area contributed by atoms with E-state index < -0.39 is 7.81 Å². The normalized spacial score (nSPS) is 15.1. The fraction of sp³-hybridized carbons (Fsp3) is 0.455. The Hall–Kier alpha value is -1.50. The van der Waals surface area contributed by atoms with E-state index in [1.807, 2.05) is 12.1 Å². The SMILES string of the molecule is Cc1ccc(C(Cl)c2ccc(OCCCCC[N+](C)(C)C)cc2)cc1.F[P-](F)(F)(F)(F)F. The van der Waals surface area contributed by atoms with Crippen LogP contribution in [-0.2, 0) is 0 Å². The van der Waals surface area contributed by atoms with Crippen LogP contribution in [0.2, 0.25) is 0 Å². The van der Waals surface area contributed by atoms with Crippen LogP contribution in [0.15, 0.2) is 48.5 Å². The Bertz CT molecular complexity index is 823. The Labute approximate surface area is 191 Å². The van der Waals surface area contributed by atoms with E-state index in [1.54, 1.807) is 0 Å². The molecule has 2 nitrogen and oxygen atoms in total. The van der Waals surface area contributed by atoms with Gasteiger partial charge in [-0.05, 0) is 49.4 Å². The van der Waals surface area contributed by atoms with Crippen molar-refractivity contribution in [1.29, 1.82) is 0 Å². The van der Waals surface area contributed by atoms with Gasteiger partial charge in [-0.1, -0.05) is 42.0 Å². The first kappa shape index (κ1) is 28.5. The number of nitrogens with zero attached hydrogens (tertiary/aromatic N) is 1. The van der Waals surface area contributed by atoms with Crippen LogP contribution < -0.4 is 4.74 Å². The maximum atomic E-state index is 9.87. The Morgan fingerprint density at radius 2 is 1.22 bits per heavy atom. The van der Waals surface area contributed by atoms with Gasteiger partial charge in [0.15, 0.2) is 0 Å². The molecule has 0 amide bonds. The van der Waals surface area contributed by atoms with Gasteiger partial charge in [-0.2, -0.15) is 0 Å². The molecule has 0 spiro atoms. The summed E-state index contributed by atoms with van der Waals surface area (Å²) in [4.78, 5) is 0. The number of hydrogen-bond donors (Lipinski definition) is 0. The van der Waals surface area contributed by atoms with Crippen LogP contribution in [0.25, 0.3) is 0 Å². The molecule has 0 aliphatic heterocycles. The first-order valence-electron chi connectivity index (χ1n) is 10.1. The average molecular weight is 506 g/mol. The minimum atomic E-state index is -10.7. The summed E-state index contributed by atoms with van der Waals surface area (Å²) < 4.78 is 66.1. The quantitative estimate of drug-likeness (QED) is 0.109. The molecule has 0 radical (unpaired) electrons. The van der Waals surface area contributed by atoms with E-state index in [0.717, 1.165) is 34.4 Å². The number of rotatable bonds is 9. The van der Waals surface area contributed by atoms with E-state index in [-0.39, 0.29) is 5.38 Å². The van der Waals surface area contributed by atoms with E-state index in [0.29, 0.717) is 0 Å². The Kier molecular flexibility index (Phi) is 9.08. The summed E-state index contributed by atoms with van der Waals surface area (Å²) in [6, 6.07) is 16.5. The molecule has 0 saturated carbocycles. The third kappa shape index (κ3) is 16.2. The molecule has 1 unspecified atom stereocenters. The summed E-state index contributed by atoms with van der Waals surface area (Å²) in [5.74, 6) is 0.920. The van der Waals surface area contributed by atoms with Crippen LogP contribution in [0.3, 0.4) is 0 Å². The molecule has 2 aromatic rings. The summed E-state index contributed by atoms with van der Waals surface area (Å²) in [5, 5.41) is -0.120. The molecule has 0 bridgehead atoms. The van der Waals surface area contributed by atoms with Crippen molar-refractivity contribution in [2.75, 3.05) is 34.3 Å². The number of halogens is 7. The second kappa shape index (κ2) is 10.2. The van der Waals surface area contributed by atoms with Gasteiger partial charge in [0.05, 0.1) is 39.7 Å². The van der Waals surface area contributed by atoms with E-state index in [2.05, 4.69) is 64.5 Å². The van der Waals surface area contributed by atoms with Gasteiger partial charge in [0, 0.05) is 0 Å². The topological polar surface area (TPSA) is 9.23 Å². The number of aryl methyl sites for hydroxylation is 1. The molecule has 0 aliphatic carbocycles. The van der Waals surface area contributed by atoms with Gasteiger partial charge in [0.2, 0.25) is 0 Å². The molecule has 2 rings (SSSR count). The molecule has 32 heavy (non-hydrogen) atoms. The second-order valence-electron chi connectivity index (χ2n) is 8.72. The van der Waals surface area contributed by atoms with E-state index in [4.69, 9.17) is 16.3 Å². The van der Waals surface area contributed by atoms with E-state index >= 15 is 0 Å². The van der Waals surface area contributed by atoms with Crippen LogP contribution in [0.5, 0.6) is 5.75 Å². The molecule has 0 fully saturated rings. The zero-order valence-electron chi connectivity index (χ0n) is 18.7. The molecule has 0 heterocycles. The van der Waals surface area contributed by atoms with Gasteiger partial charge >= 0.3 is 33.0 Å². The zero-order valence-corrected chi connectivity index (χ0v) is 20.3. The zero-order chi connectivity index (χ0) is 24.7. The third-order valence-corrected chi connectivity index (χ3v) is 4.79. The van der Waals surface area contributed by atoms with Gasteiger partial charge in [0.1, 0.15) is 5.75 Å². The molecular formula is C22H31ClF6NOP. The maximum absolute atomic E-state index is 10.7. The number of alkyl halides is 1. The molecule has 1 atom stereocenters. The van der Waals surface area contributed by atoms with Gasteiger partial charge in [0.25, 0.3) is 0 Å². The Balaban J connectivity index is 0.000000633. The van der Waals surface area contributed by atoms with Gasteiger partial charge in [-0.15, -0.1) is 11.6 Å². The third-order valence-electron chi connectivity index (χ3n) is 4.28. The fourth-order valence-electron chi connectivity index (χ4n) is 2.72. The second-order valence-corrected chi connectivity index (χ2v) is 11.1. The van der Waals surface area contributed by atoms with Gasteiger partial charge in [-0.3, -0.25) is 0 Å². The monoisotopic (exact) mass is 505 g/mol. The molecule has 10 heteroatoms. The summed E-state index contributed by atoms with van der Waals surface area (Å²) in [6.45, 7) is 4.07. The van der Waals surface area contributed by atoms with Gasteiger partial charge < -0.3 is 9.22 Å². The van der Waals surface area contributed by atoms with Crippen molar-refractivity contribution in [3.63, 3.8) is 0 Å².